The highest BCUT2D eigenvalue weighted by atomic mass is 79.9. The van der Waals surface area contributed by atoms with E-state index in [-0.39, 0.29) is 18.4 Å². The van der Waals surface area contributed by atoms with Gasteiger partial charge in [-0.2, -0.15) is 5.10 Å². The van der Waals surface area contributed by atoms with Gasteiger partial charge in [0.15, 0.2) is 23.9 Å². The van der Waals surface area contributed by atoms with Crippen molar-refractivity contribution in [3.63, 3.8) is 0 Å². The van der Waals surface area contributed by atoms with Crippen LogP contribution in [0.25, 0.3) is 22.8 Å². The summed E-state index contributed by atoms with van der Waals surface area (Å²) < 4.78 is 14.0. The number of hydrogen-bond donors (Lipinski definition) is 2. The van der Waals surface area contributed by atoms with Gasteiger partial charge in [0.1, 0.15) is 11.4 Å². The van der Waals surface area contributed by atoms with E-state index in [0.29, 0.717) is 70.7 Å². The molecule has 1 aliphatic heterocycles. The highest BCUT2D eigenvalue weighted by Crippen LogP contribution is 2.39. The fourth-order valence-electron chi connectivity index (χ4n) is 4.18. The summed E-state index contributed by atoms with van der Waals surface area (Å²) >= 11 is 3.55. The minimum atomic E-state index is -0.225. The standard InChI is InChI=1S/C28H27BrN6O4/c1-2-38-24-15-19(14-20(29)26(24)39-17-25(36)30-10-8-18-6-4-3-5-7-18)27-31-11-9-21(33-27)22-16-23-28(37)32-12-13-35(23)34-22/h3-7,9,11,14-16H,2,8,10,12-13,17H2,1H3,(H,30,36)(H,32,37). The third-order valence-electron chi connectivity index (χ3n) is 6.03. The molecule has 1 aliphatic rings. The molecule has 5 rings (SSSR count). The molecule has 2 aromatic heterocycles. The van der Waals surface area contributed by atoms with Gasteiger partial charge in [-0.15, -0.1) is 0 Å². The van der Waals surface area contributed by atoms with Crippen LogP contribution in [-0.4, -0.2) is 57.9 Å². The van der Waals surface area contributed by atoms with Crippen LogP contribution >= 0.6 is 15.9 Å². The van der Waals surface area contributed by atoms with Crippen molar-refractivity contribution in [1.82, 2.24) is 30.4 Å². The molecule has 0 aliphatic carbocycles. The van der Waals surface area contributed by atoms with Crippen LogP contribution in [0.1, 0.15) is 23.0 Å². The number of ether oxygens (including phenoxy) is 2. The molecule has 2 aromatic carbocycles. The van der Waals surface area contributed by atoms with E-state index in [9.17, 15) is 9.59 Å². The van der Waals surface area contributed by atoms with Gasteiger partial charge in [-0.05, 0) is 59.1 Å². The SMILES string of the molecule is CCOc1cc(-c2nccc(-c3cc4n(n3)CCNC4=O)n2)cc(Br)c1OCC(=O)NCCc1ccccc1. The molecule has 0 saturated carbocycles. The molecule has 0 unspecified atom stereocenters. The van der Waals surface area contributed by atoms with Gasteiger partial charge in [-0.1, -0.05) is 30.3 Å². The maximum absolute atomic E-state index is 12.4. The second-order valence-electron chi connectivity index (χ2n) is 8.75. The molecule has 11 heteroatoms. The molecule has 2 N–H and O–H groups in total. The van der Waals surface area contributed by atoms with E-state index < -0.39 is 0 Å². The van der Waals surface area contributed by atoms with Gasteiger partial charge >= 0.3 is 0 Å². The van der Waals surface area contributed by atoms with Crippen molar-refractivity contribution < 1.29 is 19.1 Å². The third-order valence-corrected chi connectivity index (χ3v) is 6.62. The van der Waals surface area contributed by atoms with Crippen LogP contribution in [0.4, 0.5) is 0 Å². The lowest BCUT2D eigenvalue weighted by molar-refractivity contribution is -0.123. The number of carbonyl (C=O) groups is 2. The average molecular weight is 591 g/mol. The number of benzene rings is 2. The zero-order valence-corrected chi connectivity index (χ0v) is 22.9. The molecule has 0 saturated heterocycles. The summed E-state index contributed by atoms with van der Waals surface area (Å²) in [5.41, 5.74) is 3.53. The fraction of sp³-hybridized carbons (Fsp3) is 0.250. The number of halogens is 1. The highest BCUT2D eigenvalue weighted by Gasteiger charge is 2.21. The van der Waals surface area contributed by atoms with Gasteiger partial charge in [0, 0.05) is 24.8 Å². The number of rotatable bonds is 10. The van der Waals surface area contributed by atoms with Crippen LogP contribution in [0.15, 0.2) is 65.3 Å². The molecule has 200 valence electrons. The lowest BCUT2D eigenvalue weighted by Crippen LogP contribution is -2.35. The van der Waals surface area contributed by atoms with E-state index in [2.05, 4.69) is 41.6 Å². The van der Waals surface area contributed by atoms with Crippen LogP contribution in [0.2, 0.25) is 0 Å². The Hall–Kier alpha value is -4.25. The summed E-state index contributed by atoms with van der Waals surface area (Å²) in [4.78, 5) is 33.6. The molecule has 10 nitrogen and oxygen atoms in total. The molecule has 0 radical (unpaired) electrons. The number of carbonyl (C=O) groups excluding carboxylic acids is 2. The minimum absolute atomic E-state index is 0.153. The Morgan fingerprint density at radius 1 is 1.13 bits per heavy atom. The molecule has 4 aromatic rings. The van der Waals surface area contributed by atoms with Gasteiger partial charge in [0.25, 0.3) is 11.8 Å². The highest BCUT2D eigenvalue weighted by molar-refractivity contribution is 9.10. The lowest BCUT2D eigenvalue weighted by atomic mass is 10.1. The summed E-state index contributed by atoms with van der Waals surface area (Å²) in [6.45, 7) is 3.78. The van der Waals surface area contributed by atoms with Crippen LogP contribution in [0, 0.1) is 0 Å². The zero-order chi connectivity index (χ0) is 27.2. The first kappa shape index (κ1) is 26.4. The van der Waals surface area contributed by atoms with Gasteiger partial charge in [0.2, 0.25) is 0 Å². The van der Waals surface area contributed by atoms with Crippen LogP contribution in [-0.2, 0) is 17.8 Å². The topological polar surface area (TPSA) is 120 Å². The van der Waals surface area contributed by atoms with Crippen molar-refractivity contribution in [3.05, 3.63) is 76.5 Å². The molecule has 2 amide bonds. The molecule has 0 fully saturated rings. The Kier molecular flexibility index (Phi) is 8.16. The molecule has 0 spiro atoms. The normalized spacial score (nSPS) is 12.4. The predicted octanol–water partition coefficient (Wildman–Crippen LogP) is 3.65. The lowest BCUT2D eigenvalue weighted by Gasteiger charge is -2.15. The fourth-order valence-corrected chi connectivity index (χ4v) is 4.74. The Balaban J connectivity index is 1.30. The number of fused-ring (bicyclic) bond motifs is 1. The van der Waals surface area contributed by atoms with Crippen LogP contribution in [0.5, 0.6) is 11.5 Å². The second-order valence-corrected chi connectivity index (χ2v) is 9.61. The first-order valence-electron chi connectivity index (χ1n) is 12.6. The molecular weight excluding hydrogens is 564 g/mol. The summed E-state index contributed by atoms with van der Waals surface area (Å²) in [5, 5.41) is 10.2. The van der Waals surface area contributed by atoms with E-state index >= 15 is 0 Å². The van der Waals surface area contributed by atoms with E-state index in [1.807, 2.05) is 43.3 Å². The average Bonchev–Trinajstić information content (AvgIpc) is 3.39. The number of amides is 2. The second kappa shape index (κ2) is 12.1. The van der Waals surface area contributed by atoms with E-state index in [0.717, 1.165) is 12.0 Å². The predicted molar refractivity (Wildman–Crippen MR) is 149 cm³/mol. The van der Waals surface area contributed by atoms with Crippen LogP contribution < -0.4 is 20.1 Å². The number of aromatic nitrogens is 4. The van der Waals surface area contributed by atoms with Crippen molar-refractivity contribution in [3.8, 4) is 34.3 Å². The summed E-state index contributed by atoms with van der Waals surface area (Å²) in [6.07, 6.45) is 2.39. The number of hydrogen-bond acceptors (Lipinski definition) is 7. The molecule has 0 bridgehead atoms. The van der Waals surface area contributed by atoms with Crippen molar-refractivity contribution in [2.45, 2.75) is 19.9 Å². The van der Waals surface area contributed by atoms with Crippen molar-refractivity contribution in [2.24, 2.45) is 0 Å². The van der Waals surface area contributed by atoms with Crippen molar-refractivity contribution in [2.75, 3.05) is 26.3 Å². The first-order chi connectivity index (χ1) is 19.0. The minimum Gasteiger partial charge on any atom is -0.490 e. The van der Waals surface area contributed by atoms with Gasteiger partial charge in [0.05, 0.1) is 23.3 Å². The number of nitrogens with zero attached hydrogens (tertiary/aromatic N) is 4. The Labute approximate surface area is 233 Å². The largest absolute Gasteiger partial charge is 0.490 e. The molecule has 0 atom stereocenters. The maximum Gasteiger partial charge on any atom is 0.269 e. The third kappa shape index (κ3) is 6.26. The smallest absolute Gasteiger partial charge is 0.269 e. The van der Waals surface area contributed by atoms with Gasteiger partial charge < -0.3 is 20.1 Å². The summed E-state index contributed by atoms with van der Waals surface area (Å²) in [6, 6.07) is 17.0. The Bertz CT molecular complexity index is 1490. The Morgan fingerprint density at radius 3 is 2.77 bits per heavy atom. The van der Waals surface area contributed by atoms with E-state index in [4.69, 9.17) is 9.47 Å². The first-order valence-corrected chi connectivity index (χ1v) is 13.4. The zero-order valence-electron chi connectivity index (χ0n) is 21.3. The molecule has 39 heavy (non-hydrogen) atoms. The monoisotopic (exact) mass is 590 g/mol. The van der Waals surface area contributed by atoms with Gasteiger partial charge in [-0.25, -0.2) is 9.97 Å². The summed E-state index contributed by atoms with van der Waals surface area (Å²) in [5.74, 6) is 0.955. The number of nitrogens with one attached hydrogen (secondary N) is 2. The molecular formula is C28H27BrN6O4. The Morgan fingerprint density at radius 2 is 1.97 bits per heavy atom. The maximum atomic E-state index is 12.4. The van der Waals surface area contributed by atoms with E-state index in [1.165, 1.54) is 0 Å². The van der Waals surface area contributed by atoms with Crippen LogP contribution in [0.3, 0.4) is 0 Å². The quantitative estimate of drug-likeness (QED) is 0.289. The van der Waals surface area contributed by atoms with E-state index in [1.54, 1.807) is 29.1 Å². The van der Waals surface area contributed by atoms with Crippen molar-refractivity contribution >= 4 is 27.7 Å². The summed E-state index contributed by atoms with van der Waals surface area (Å²) in [7, 11) is 0. The van der Waals surface area contributed by atoms with Crippen molar-refractivity contribution in [1.29, 1.82) is 0 Å². The molecule has 3 heterocycles. The van der Waals surface area contributed by atoms with Gasteiger partial charge in [-0.3, -0.25) is 14.3 Å².